The van der Waals surface area contributed by atoms with Gasteiger partial charge in [0.25, 0.3) is 0 Å². The summed E-state index contributed by atoms with van der Waals surface area (Å²) in [5.74, 6) is 0. The summed E-state index contributed by atoms with van der Waals surface area (Å²) in [5, 5.41) is 2.60. The third-order valence-electron chi connectivity index (χ3n) is 1.81. The molecule has 0 amide bonds. The van der Waals surface area contributed by atoms with Gasteiger partial charge in [-0.05, 0) is 0 Å². The van der Waals surface area contributed by atoms with E-state index in [-0.39, 0.29) is 0 Å². The molecule has 0 aliphatic carbocycles. The van der Waals surface area contributed by atoms with Crippen LogP contribution in [0, 0.1) is 0 Å². The van der Waals surface area contributed by atoms with Crippen LogP contribution in [0.15, 0.2) is 0 Å². The fraction of sp³-hybridized carbons (Fsp3) is 1.00. The van der Waals surface area contributed by atoms with Gasteiger partial charge in [0.15, 0.2) is 0 Å². The van der Waals surface area contributed by atoms with Crippen LogP contribution in [0.1, 0.15) is 39.5 Å². The SMILES string of the molecule is CCCCC[CH2][Al]([Cl])[CH2]C. The molecule has 0 atom stereocenters. The smallest absolute Gasteiger partial charge is 0.261 e. The van der Waals surface area contributed by atoms with Crippen molar-refractivity contribution in [3.8, 4) is 0 Å². The van der Waals surface area contributed by atoms with Gasteiger partial charge in [-0.25, -0.2) is 0 Å². The van der Waals surface area contributed by atoms with Gasteiger partial charge in [0.1, 0.15) is 0 Å². The normalized spacial score (nSPS) is 9.90. The average Bonchev–Trinajstić information content (AvgIpc) is 1.98. The van der Waals surface area contributed by atoms with Crippen molar-refractivity contribution in [1.82, 2.24) is 0 Å². The van der Waals surface area contributed by atoms with Gasteiger partial charge in [-0.3, -0.25) is 10.0 Å². The van der Waals surface area contributed by atoms with E-state index in [1.165, 1.54) is 36.2 Å². The quantitative estimate of drug-likeness (QED) is 0.427. The molecule has 0 unspecified atom stereocenters. The second-order valence-corrected chi connectivity index (χ2v) is 7.29. The largest absolute Gasteiger partial charge is 0.399 e. The van der Waals surface area contributed by atoms with Crippen molar-refractivity contribution in [3.63, 3.8) is 0 Å². The molecule has 60 valence electrons. The van der Waals surface area contributed by atoms with Gasteiger partial charge in [-0.15, -0.1) is 0 Å². The van der Waals surface area contributed by atoms with E-state index < -0.39 is 13.2 Å². The summed E-state index contributed by atoms with van der Waals surface area (Å²) in [6.07, 6.45) is 5.50. The van der Waals surface area contributed by atoms with Crippen LogP contribution in [-0.2, 0) is 0 Å². The highest BCUT2D eigenvalue weighted by atomic mass is 35.6. The summed E-state index contributed by atoms with van der Waals surface area (Å²) in [4.78, 5) is 0. The van der Waals surface area contributed by atoms with Crippen molar-refractivity contribution >= 4 is 23.3 Å². The predicted octanol–water partition coefficient (Wildman–Crippen LogP) is 3.82. The molecule has 0 aromatic rings. The summed E-state index contributed by atoms with van der Waals surface area (Å²) in [7, 11) is 6.08. The maximum atomic E-state index is 6.08. The number of hydrogen-bond acceptors (Lipinski definition) is 0. The Labute approximate surface area is 73.6 Å². The molecule has 0 nitrogen and oxygen atoms in total. The topological polar surface area (TPSA) is 0 Å². The van der Waals surface area contributed by atoms with Gasteiger partial charge >= 0.3 is 13.2 Å². The Morgan fingerprint density at radius 3 is 2.30 bits per heavy atom. The van der Waals surface area contributed by atoms with E-state index in [2.05, 4.69) is 13.8 Å². The van der Waals surface area contributed by atoms with Gasteiger partial charge < -0.3 is 0 Å². The first-order chi connectivity index (χ1) is 4.81. The molecule has 0 aromatic carbocycles. The van der Waals surface area contributed by atoms with Gasteiger partial charge in [0.2, 0.25) is 0 Å². The lowest BCUT2D eigenvalue weighted by atomic mass is 10.2. The lowest BCUT2D eigenvalue weighted by Gasteiger charge is -1.98. The zero-order valence-corrected chi connectivity index (χ0v) is 9.11. The van der Waals surface area contributed by atoms with Crippen molar-refractivity contribution in [3.05, 3.63) is 0 Å². The summed E-state index contributed by atoms with van der Waals surface area (Å²) < 4.78 is 0. The van der Waals surface area contributed by atoms with E-state index >= 15 is 0 Å². The van der Waals surface area contributed by atoms with Gasteiger partial charge in [-0.2, -0.15) is 0 Å². The molecule has 0 fully saturated rings. The van der Waals surface area contributed by atoms with Crippen molar-refractivity contribution in [2.45, 2.75) is 50.1 Å². The summed E-state index contributed by atoms with van der Waals surface area (Å²) in [6.45, 7) is 4.46. The zero-order chi connectivity index (χ0) is 7.82. The van der Waals surface area contributed by atoms with Gasteiger partial charge in [0.05, 0.1) is 0 Å². The molecule has 2 heteroatoms. The highest BCUT2D eigenvalue weighted by molar-refractivity contribution is 7.06. The molecule has 0 aliphatic rings. The van der Waals surface area contributed by atoms with Crippen molar-refractivity contribution in [1.29, 1.82) is 0 Å². The number of hydrogen-bond donors (Lipinski definition) is 0. The molecule has 0 heterocycles. The Hall–Kier alpha value is 0.822. The Kier molecular flexibility index (Phi) is 8.58. The van der Waals surface area contributed by atoms with Crippen molar-refractivity contribution in [2.24, 2.45) is 0 Å². The van der Waals surface area contributed by atoms with Crippen LogP contribution in [0.3, 0.4) is 0 Å². The van der Waals surface area contributed by atoms with E-state index in [0.29, 0.717) is 0 Å². The van der Waals surface area contributed by atoms with E-state index in [1.807, 2.05) is 0 Å². The van der Waals surface area contributed by atoms with Crippen LogP contribution in [0.4, 0.5) is 0 Å². The van der Waals surface area contributed by atoms with Crippen LogP contribution in [0.5, 0.6) is 0 Å². The van der Waals surface area contributed by atoms with E-state index in [9.17, 15) is 0 Å². The standard InChI is InChI=1S/C6H13.C2H5.Al.ClH/c1-3-5-6-4-2;1-2;;/h1,3-6H2,2H3;1H2,2H3;;1H/q;;+1;/p-1. The zero-order valence-electron chi connectivity index (χ0n) is 7.20. The third kappa shape index (κ3) is 6.94. The predicted molar refractivity (Wildman–Crippen MR) is 51.0 cm³/mol. The highest BCUT2D eigenvalue weighted by Gasteiger charge is 2.09. The molecule has 0 saturated heterocycles. The van der Waals surface area contributed by atoms with Gasteiger partial charge in [-0.1, -0.05) is 50.1 Å². The fourth-order valence-electron chi connectivity index (χ4n) is 0.997. The minimum absolute atomic E-state index is 0.752. The fourth-order valence-corrected chi connectivity index (χ4v) is 2.60. The molecule has 0 aliphatic heterocycles. The maximum absolute atomic E-state index is 6.08. The first kappa shape index (κ1) is 10.8. The molecule has 0 saturated carbocycles. The molecule has 0 radical (unpaired) electrons. The lowest BCUT2D eigenvalue weighted by Crippen LogP contribution is -1.99. The maximum Gasteiger partial charge on any atom is 0.399 e. The number of rotatable bonds is 6. The van der Waals surface area contributed by atoms with Crippen LogP contribution >= 0.6 is 10.0 Å². The first-order valence-corrected chi connectivity index (χ1v) is 7.83. The average molecular weight is 177 g/mol. The third-order valence-corrected chi connectivity index (χ3v) is 5.32. The van der Waals surface area contributed by atoms with Crippen LogP contribution in [0.25, 0.3) is 0 Å². The second-order valence-electron chi connectivity index (χ2n) is 2.85. The Bertz CT molecular complexity index is 66.3. The van der Waals surface area contributed by atoms with Crippen LogP contribution in [-0.4, -0.2) is 13.2 Å². The van der Waals surface area contributed by atoms with Crippen LogP contribution < -0.4 is 0 Å². The summed E-state index contributed by atoms with van der Waals surface area (Å²) in [5.41, 5.74) is 0. The number of unbranched alkanes of at least 4 members (excludes halogenated alkanes) is 3. The van der Waals surface area contributed by atoms with Crippen molar-refractivity contribution < 1.29 is 0 Å². The molecular formula is C8H18AlCl. The summed E-state index contributed by atoms with van der Waals surface area (Å²) >= 11 is -0.752. The molecular weight excluding hydrogens is 159 g/mol. The van der Waals surface area contributed by atoms with E-state index in [1.54, 1.807) is 0 Å². The van der Waals surface area contributed by atoms with Crippen molar-refractivity contribution in [2.75, 3.05) is 0 Å². The molecule has 10 heavy (non-hydrogen) atoms. The monoisotopic (exact) mass is 176 g/mol. The molecule has 0 rings (SSSR count). The first-order valence-electron chi connectivity index (χ1n) is 4.45. The molecule has 0 bridgehead atoms. The minimum atomic E-state index is -0.752. The number of halogens is 1. The molecule has 0 aromatic heterocycles. The lowest BCUT2D eigenvalue weighted by molar-refractivity contribution is 0.699. The minimum Gasteiger partial charge on any atom is -0.261 e. The summed E-state index contributed by atoms with van der Waals surface area (Å²) in [6, 6.07) is 0. The Morgan fingerprint density at radius 2 is 1.80 bits per heavy atom. The second kappa shape index (κ2) is 7.92. The van der Waals surface area contributed by atoms with E-state index in [4.69, 9.17) is 10.0 Å². The molecule has 0 N–H and O–H groups in total. The Morgan fingerprint density at radius 1 is 1.10 bits per heavy atom. The Balaban J connectivity index is 2.89. The molecule has 0 spiro atoms. The van der Waals surface area contributed by atoms with Crippen LogP contribution in [0.2, 0.25) is 10.6 Å². The van der Waals surface area contributed by atoms with E-state index in [0.717, 1.165) is 0 Å². The highest BCUT2D eigenvalue weighted by Crippen LogP contribution is 2.10. The van der Waals surface area contributed by atoms with Gasteiger partial charge in [0, 0.05) is 0 Å².